The zero-order chi connectivity index (χ0) is 9.42. The van der Waals surface area contributed by atoms with Crippen molar-refractivity contribution >= 4 is 5.97 Å². The summed E-state index contributed by atoms with van der Waals surface area (Å²) in [5.74, 6) is 6.12. The Morgan fingerprint density at radius 1 is 1.38 bits per heavy atom. The van der Waals surface area contributed by atoms with Crippen LogP contribution in [0.3, 0.4) is 0 Å². The van der Waals surface area contributed by atoms with Gasteiger partial charge >= 0.3 is 5.97 Å². The Hall–Kier alpha value is -0.610. The monoisotopic (exact) mass is 184 g/mol. The SMILES string of the molecule is COC(=O)[C@@H]1C2CCC(CC2)N1N. The zero-order valence-corrected chi connectivity index (χ0v) is 7.90. The Labute approximate surface area is 78.0 Å². The summed E-state index contributed by atoms with van der Waals surface area (Å²) in [7, 11) is 1.43. The molecular weight excluding hydrogens is 168 g/mol. The Morgan fingerprint density at radius 3 is 2.46 bits per heavy atom. The van der Waals surface area contributed by atoms with E-state index in [4.69, 9.17) is 10.6 Å². The molecule has 2 aliphatic heterocycles. The lowest BCUT2D eigenvalue weighted by Crippen LogP contribution is -2.61. The highest BCUT2D eigenvalue weighted by molar-refractivity contribution is 5.76. The van der Waals surface area contributed by atoms with Crippen molar-refractivity contribution in [1.29, 1.82) is 0 Å². The Balaban J connectivity index is 2.14. The van der Waals surface area contributed by atoms with Gasteiger partial charge in [0.15, 0.2) is 0 Å². The third-order valence-electron chi connectivity index (χ3n) is 3.37. The highest BCUT2D eigenvalue weighted by atomic mass is 16.5. The fourth-order valence-corrected chi connectivity index (χ4v) is 2.62. The second kappa shape index (κ2) is 3.27. The number of methoxy groups -OCH3 is 1. The van der Waals surface area contributed by atoms with E-state index in [2.05, 4.69) is 0 Å². The average molecular weight is 184 g/mol. The molecule has 1 saturated carbocycles. The molecule has 0 aromatic heterocycles. The first-order valence-electron chi connectivity index (χ1n) is 4.85. The maximum absolute atomic E-state index is 11.4. The van der Waals surface area contributed by atoms with E-state index in [0.717, 1.165) is 25.7 Å². The number of nitrogens with zero attached hydrogens (tertiary/aromatic N) is 1. The number of hydrazine groups is 1. The van der Waals surface area contributed by atoms with Gasteiger partial charge in [-0.25, -0.2) is 5.01 Å². The van der Waals surface area contributed by atoms with Crippen LogP contribution in [0.1, 0.15) is 25.7 Å². The first-order valence-corrected chi connectivity index (χ1v) is 4.85. The predicted molar refractivity (Wildman–Crippen MR) is 47.6 cm³/mol. The van der Waals surface area contributed by atoms with Crippen LogP contribution in [-0.4, -0.2) is 30.2 Å². The maximum atomic E-state index is 11.4. The molecule has 0 spiro atoms. The second-order valence-electron chi connectivity index (χ2n) is 3.98. The molecule has 0 amide bonds. The Bertz CT molecular complexity index is 210. The number of rotatable bonds is 1. The van der Waals surface area contributed by atoms with Crippen LogP contribution in [0.25, 0.3) is 0 Å². The van der Waals surface area contributed by atoms with Crippen molar-refractivity contribution in [1.82, 2.24) is 5.01 Å². The number of hydrogen-bond donors (Lipinski definition) is 1. The highest BCUT2D eigenvalue weighted by Gasteiger charge is 2.44. The van der Waals surface area contributed by atoms with Gasteiger partial charge in [0.25, 0.3) is 0 Å². The van der Waals surface area contributed by atoms with E-state index >= 15 is 0 Å². The van der Waals surface area contributed by atoms with Gasteiger partial charge in [-0.3, -0.25) is 10.6 Å². The zero-order valence-electron chi connectivity index (χ0n) is 7.90. The van der Waals surface area contributed by atoms with Crippen molar-refractivity contribution in [2.24, 2.45) is 11.8 Å². The lowest BCUT2D eigenvalue weighted by molar-refractivity contribution is -0.156. The molecule has 3 rings (SSSR count). The fourth-order valence-electron chi connectivity index (χ4n) is 2.62. The largest absolute Gasteiger partial charge is 0.468 e. The van der Waals surface area contributed by atoms with Gasteiger partial charge in [-0.2, -0.15) is 0 Å². The van der Waals surface area contributed by atoms with E-state index in [1.807, 2.05) is 0 Å². The van der Waals surface area contributed by atoms with Crippen LogP contribution < -0.4 is 5.84 Å². The molecule has 0 aromatic carbocycles. The van der Waals surface area contributed by atoms with Gasteiger partial charge in [-0.05, 0) is 31.6 Å². The average Bonchev–Trinajstić information content (AvgIpc) is 2.18. The molecule has 1 atom stereocenters. The van der Waals surface area contributed by atoms with Gasteiger partial charge in [0, 0.05) is 6.04 Å². The number of fused-ring (bicyclic) bond motifs is 3. The van der Waals surface area contributed by atoms with E-state index in [9.17, 15) is 4.79 Å². The van der Waals surface area contributed by atoms with Gasteiger partial charge in [-0.15, -0.1) is 0 Å². The lowest BCUT2D eigenvalue weighted by atomic mass is 9.75. The standard InChI is InChI=1S/C9H16N2O2/c1-13-9(12)8-6-2-4-7(5-3-6)11(8)10/h6-8H,2-5,10H2,1H3/t6?,7?,8-/m0/s1. The minimum atomic E-state index is -0.183. The third-order valence-corrected chi connectivity index (χ3v) is 3.37. The van der Waals surface area contributed by atoms with E-state index < -0.39 is 0 Å². The molecule has 2 bridgehead atoms. The summed E-state index contributed by atoms with van der Waals surface area (Å²) in [6.45, 7) is 0. The van der Waals surface area contributed by atoms with Gasteiger partial charge in [0.05, 0.1) is 7.11 Å². The molecule has 4 heteroatoms. The van der Waals surface area contributed by atoms with Crippen LogP contribution in [0.2, 0.25) is 0 Å². The summed E-state index contributed by atoms with van der Waals surface area (Å²) >= 11 is 0. The van der Waals surface area contributed by atoms with Gasteiger partial charge in [-0.1, -0.05) is 0 Å². The van der Waals surface area contributed by atoms with Crippen molar-refractivity contribution in [3.05, 3.63) is 0 Å². The summed E-state index contributed by atoms with van der Waals surface area (Å²) in [6.07, 6.45) is 4.51. The van der Waals surface area contributed by atoms with Crippen molar-refractivity contribution in [2.75, 3.05) is 7.11 Å². The number of carbonyl (C=O) groups is 1. The quantitative estimate of drug-likeness (QED) is 0.469. The molecule has 3 aliphatic rings. The molecular formula is C9H16N2O2. The Kier molecular flexibility index (Phi) is 2.26. The molecule has 4 nitrogen and oxygen atoms in total. The summed E-state index contributed by atoms with van der Waals surface area (Å²) in [6, 6.07) is 0.214. The van der Waals surface area contributed by atoms with Crippen molar-refractivity contribution in [3.8, 4) is 0 Å². The van der Waals surface area contributed by atoms with Crippen LogP contribution >= 0.6 is 0 Å². The number of hydrogen-bond acceptors (Lipinski definition) is 4. The number of carbonyl (C=O) groups excluding carboxylic acids is 1. The lowest BCUT2D eigenvalue weighted by Gasteiger charge is -2.47. The van der Waals surface area contributed by atoms with Crippen molar-refractivity contribution < 1.29 is 9.53 Å². The summed E-state index contributed by atoms with van der Waals surface area (Å²) in [5.41, 5.74) is 0. The number of ether oxygens (including phenoxy) is 1. The molecule has 0 radical (unpaired) electrons. The topological polar surface area (TPSA) is 55.6 Å². The minimum Gasteiger partial charge on any atom is -0.468 e. The van der Waals surface area contributed by atoms with Crippen molar-refractivity contribution in [3.63, 3.8) is 0 Å². The molecule has 2 saturated heterocycles. The number of piperidine rings is 2. The summed E-state index contributed by atoms with van der Waals surface area (Å²) in [4.78, 5) is 11.4. The molecule has 0 aromatic rings. The normalized spacial score (nSPS) is 39.1. The van der Waals surface area contributed by atoms with E-state index in [1.165, 1.54) is 7.11 Å². The van der Waals surface area contributed by atoms with Crippen LogP contribution in [0, 0.1) is 5.92 Å². The summed E-state index contributed by atoms with van der Waals surface area (Å²) in [5, 5.41) is 1.71. The Morgan fingerprint density at radius 2 is 2.00 bits per heavy atom. The van der Waals surface area contributed by atoms with Crippen LogP contribution in [0.5, 0.6) is 0 Å². The third kappa shape index (κ3) is 1.34. The number of esters is 1. The highest BCUT2D eigenvalue weighted by Crippen LogP contribution is 2.37. The van der Waals surface area contributed by atoms with E-state index in [0.29, 0.717) is 12.0 Å². The number of nitrogens with two attached hydrogens (primary N) is 1. The second-order valence-corrected chi connectivity index (χ2v) is 3.98. The first-order chi connectivity index (χ1) is 6.24. The van der Waals surface area contributed by atoms with Gasteiger partial charge in [0.2, 0.25) is 0 Å². The minimum absolute atomic E-state index is 0.170. The molecule has 13 heavy (non-hydrogen) atoms. The fraction of sp³-hybridized carbons (Fsp3) is 0.889. The van der Waals surface area contributed by atoms with Crippen LogP contribution in [0.4, 0.5) is 0 Å². The molecule has 74 valence electrons. The smallest absolute Gasteiger partial charge is 0.324 e. The van der Waals surface area contributed by atoms with E-state index in [1.54, 1.807) is 5.01 Å². The van der Waals surface area contributed by atoms with Crippen molar-refractivity contribution in [2.45, 2.75) is 37.8 Å². The molecule has 3 fully saturated rings. The van der Waals surface area contributed by atoms with Gasteiger partial charge < -0.3 is 4.74 Å². The first kappa shape index (κ1) is 8.97. The maximum Gasteiger partial charge on any atom is 0.324 e. The molecule has 2 N–H and O–H groups in total. The molecule has 2 heterocycles. The summed E-state index contributed by atoms with van der Waals surface area (Å²) < 4.78 is 4.75. The van der Waals surface area contributed by atoms with Crippen LogP contribution in [0.15, 0.2) is 0 Å². The predicted octanol–water partition coefficient (Wildman–Crippen LogP) is 0.276. The van der Waals surface area contributed by atoms with E-state index in [-0.39, 0.29) is 12.0 Å². The molecule has 1 aliphatic carbocycles. The van der Waals surface area contributed by atoms with Gasteiger partial charge in [0.1, 0.15) is 6.04 Å². The molecule has 0 unspecified atom stereocenters. The van der Waals surface area contributed by atoms with Crippen LogP contribution in [-0.2, 0) is 9.53 Å².